The predicted molar refractivity (Wildman–Crippen MR) is 135 cm³/mol. The number of Topliss-reactive ketones (excluding diaryl/α,β-unsaturated/α-hetero) is 1. The number of methoxy groups -OCH3 is 1. The lowest BCUT2D eigenvalue weighted by Crippen LogP contribution is -2.16. The molecule has 0 aliphatic carbocycles. The van der Waals surface area contributed by atoms with Gasteiger partial charge in [-0.3, -0.25) is 14.5 Å². The maximum absolute atomic E-state index is 12.9. The second-order valence-electron chi connectivity index (χ2n) is 8.17. The van der Waals surface area contributed by atoms with Crippen molar-refractivity contribution in [3.63, 3.8) is 0 Å². The van der Waals surface area contributed by atoms with Gasteiger partial charge >= 0.3 is 11.7 Å². The summed E-state index contributed by atoms with van der Waals surface area (Å²) < 4.78 is 22.0. The van der Waals surface area contributed by atoms with Crippen LogP contribution in [0.25, 0.3) is 6.08 Å². The highest BCUT2D eigenvalue weighted by Gasteiger charge is 2.22. The Hall–Kier alpha value is -3.20. The lowest BCUT2D eigenvalue weighted by Gasteiger charge is -2.11. The van der Waals surface area contributed by atoms with Crippen molar-refractivity contribution >= 4 is 29.3 Å². The molecule has 35 heavy (non-hydrogen) atoms. The number of unbranched alkanes of at least 4 members (excludes halogenated alkanes) is 2. The summed E-state index contributed by atoms with van der Waals surface area (Å²) in [7, 11) is 1.27. The Morgan fingerprint density at radius 3 is 2.74 bits per heavy atom. The van der Waals surface area contributed by atoms with Crippen molar-refractivity contribution in [2.24, 2.45) is 0 Å². The molecule has 190 valence electrons. The Balaban J connectivity index is 2.04. The number of rotatable bonds is 13. The molecular weight excluding hydrogens is 473 g/mol. The largest absolute Gasteiger partial charge is 0.507 e. The molecule has 0 spiro atoms. The number of amides is 1. The molecule has 2 rings (SSSR count). The molecule has 1 amide bonds. The van der Waals surface area contributed by atoms with E-state index >= 15 is 0 Å². The van der Waals surface area contributed by atoms with E-state index in [1.54, 1.807) is 19.1 Å². The van der Waals surface area contributed by atoms with Crippen LogP contribution in [0.3, 0.4) is 0 Å². The highest BCUT2D eigenvalue weighted by molar-refractivity contribution is 7.12. The first-order chi connectivity index (χ1) is 16.8. The number of carbonyl (C=O) groups excluding carboxylic acids is 2. The van der Waals surface area contributed by atoms with Crippen LogP contribution in [-0.2, 0) is 11.2 Å². The van der Waals surface area contributed by atoms with Gasteiger partial charge in [-0.2, -0.15) is 0 Å². The van der Waals surface area contributed by atoms with Gasteiger partial charge in [0.05, 0.1) is 13.8 Å². The highest BCUT2D eigenvalue weighted by atomic mass is 32.1. The maximum Gasteiger partial charge on any atom is 0.410 e. The van der Waals surface area contributed by atoms with Crippen LogP contribution in [0.5, 0.6) is 5.75 Å². The summed E-state index contributed by atoms with van der Waals surface area (Å²) >= 11 is 1.54. The zero-order chi connectivity index (χ0) is 25.8. The van der Waals surface area contributed by atoms with Gasteiger partial charge in [-0.25, -0.2) is 9.59 Å². The maximum atomic E-state index is 12.9. The number of ketones is 1. The van der Waals surface area contributed by atoms with E-state index in [0.717, 1.165) is 29.0 Å². The molecule has 2 heterocycles. The van der Waals surface area contributed by atoms with Gasteiger partial charge in [0.2, 0.25) is 0 Å². The van der Waals surface area contributed by atoms with Gasteiger partial charge in [0, 0.05) is 27.9 Å². The smallest absolute Gasteiger partial charge is 0.410 e. The van der Waals surface area contributed by atoms with Crippen LogP contribution in [0.2, 0.25) is 0 Å². The van der Waals surface area contributed by atoms with Gasteiger partial charge in [-0.1, -0.05) is 19.4 Å². The Kier molecular flexibility index (Phi) is 11.4. The number of thiophene rings is 1. The fourth-order valence-electron chi connectivity index (χ4n) is 3.36. The first-order valence-electron chi connectivity index (χ1n) is 11.5. The van der Waals surface area contributed by atoms with Gasteiger partial charge in [0.1, 0.15) is 17.1 Å². The topological polar surface area (TPSA) is 106 Å². The summed E-state index contributed by atoms with van der Waals surface area (Å²) in [5, 5.41) is 12.9. The van der Waals surface area contributed by atoms with E-state index in [2.05, 4.69) is 10.1 Å². The first kappa shape index (κ1) is 28.0. The SMILES string of the molecule is COC(=O)N/C=C/CCC(C)c1cc(O)c(C(=O)/C(C)=C/c2ccc(CCCCCF)s2)c(=O)o1. The number of hydrogen-bond donors (Lipinski definition) is 2. The molecule has 7 nitrogen and oxygen atoms in total. The Labute approximate surface area is 208 Å². The second-order valence-corrected chi connectivity index (χ2v) is 9.37. The van der Waals surface area contributed by atoms with Crippen LogP contribution in [0.15, 0.2) is 45.3 Å². The van der Waals surface area contributed by atoms with E-state index in [9.17, 15) is 23.9 Å². The normalized spacial score (nSPS) is 12.6. The van der Waals surface area contributed by atoms with Crippen molar-refractivity contribution < 1.29 is 28.2 Å². The number of alkyl halides is 1. The number of alkyl carbamates (subject to hydrolysis) is 1. The molecule has 0 saturated heterocycles. The number of aryl methyl sites for hydroxylation is 1. The molecule has 0 aliphatic rings. The summed E-state index contributed by atoms with van der Waals surface area (Å²) in [6, 6.07) is 5.18. The molecule has 2 aromatic heterocycles. The van der Waals surface area contributed by atoms with Gasteiger partial charge in [0.25, 0.3) is 0 Å². The van der Waals surface area contributed by atoms with Crippen molar-refractivity contribution in [2.75, 3.05) is 13.8 Å². The molecule has 0 fully saturated rings. The molecule has 2 N–H and O–H groups in total. The zero-order valence-corrected chi connectivity index (χ0v) is 21.1. The number of carbonyl (C=O) groups is 2. The number of allylic oxidation sites excluding steroid dienone is 2. The van der Waals surface area contributed by atoms with Gasteiger partial charge in [0.15, 0.2) is 5.78 Å². The van der Waals surface area contributed by atoms with E-state index < -0.39 is 23.3 Å². The summed E-state index contributed by atoms with van der Waals surface area (Å²) in [5.41, 5.74) is -0.963. The average molecular weight is 506 g/mol. The Bertz CT molecular complexity index is 1120. The third-order valence-corrected chi connectivity index (χ3v) is 6.48. The molecule has 0 aliphatic heterocycles. The highest BCUT2D eigenvalue weighted by Crippen LogP contribution is 2.27. The summed E-state index contributed by atoms with van der Waals surface area (Å²) in [6.45, 7) is 3.12. The Morgan fingerprint density at radius 1 is 1.29 bits per heavy atom. The van der Waals surface area contributed by atoms with E-state index in [0.29, 0.717) is 24.8 Å². The van der Waals surface area contributed by atoms with Crippen LogP contribution in [0.4, 0.5) is 9.18 Å². The minimum Gasteiger partial charge on any atom is -0.507 e. The molecular formula is C26H32FNO6S. The summed E-state index contributed by atoms with van der Waals surface area (Å²) in [4.78, 5) is 38.4. The molecule has 2 aromatic rings. The fourth-order valence-corrected chi connectivity index (χ4v) is 4.42. The van der Waals surface area contributed by atoms with E-state index in [4.69, 9.17) is 4.42 Å². The fraction of sp³-hybridized carbons (Fsp3) is 0.423. The van der Waals surface area contributed by atoms with Crippen LogP contribution < -0.4 is 10.9 Å². The lowest BCUT2D eigenvalue weighted by atomic mass is 10.00. The standard InChI is InChI=1S/C26H32FNO6S/c1-17(9-6-8-14-28-26(32)33-3)22-16-21(29)23(25(31)34-22)24(30)18(2)15-20-12-11-19(35-20)10-5-4-7-13-27/h8,11-12,14-17,29H,4-7,9-10,13H2,1-3H3,(H,28,32)/b14-8+,18-15+. The first-order valence-corrected chi connectivity index (χ1v) is 12.3. The minimum atomic E-state index is -0.882. The van der Waals surface area contributed by atoms with Crippen LogP contribution >= 0.6 is 11.3 Å². The quantitative estimate of drug-likeness (QED) is 0.193. The van der Waals surface area contributed by atoms with Crippen LogP contribution in [0.1, 0.15) is 77.7 Å². The van der Waals surface area contributed by atoms with Crippen LogP contribution in [0, 0.1) is 0 Å². The molecule has 1 unspecified atom stereocenters. The monoisotopic (exact) mass is 505 g/mol. The molecule has 0 bridgehead atoms. The number of aromatic hydroxyl groups is 1. The zero-order valence-electron chi connectivity index (χ0n) is 20.3. The van der Waals surface area contributed by atoms with E-state index in [-0.39, 0.29) is 23.9 Å². The minimum absolute atomic E-state index is 0.202. The summed E-state index contributed by atoms with van der Waals surface area (Å²) in [5.74, 6) is -0.934. The second kappa shape index (κ2) is 14.3. The Morgan fingerprint density at radius 2 is 2.06 bits per heavy atom. The van der Waals surface area contributed by atoms with Crippen molar-refractivity contribution in [3.8, 4) is 5.75 Å². The van der Waals surface area contributed by atoms with Gasteiger partial charge in [-0.15, -0.1) is 11.3 Å². The predicted octanol–water partition coefficient (Wildman–Crippen LogP) is 6.13. The molecule has 1 atom stereocenters. The number of halogens is 1. The van der Waals surface area contributed by atoms with Crippen molar-refractivity contribution in [1.29, 1.82) is 0 Å². The van der Waals surface area contributed by atoms with Crippen molar-refractivity contribution in [3.05, 3.63) is 67.5 Å². The molecule has 0 aromatic carbocycles. The third-order valence-electron chi connectivity index (χ3n) is 5.39. The number of nitrogens with one attached hydrogen (secondary N) is 1. The summed E-state index contributed by atoms with van der Waals surface area (Å²) in [6.07, 6.45) is 8.65. The third kappa shape index (κ3) is 8.83. The number of hydrogen-bond acceptors (Lipinski definition) is 7. The van der Waals surface area contributed by atoms with Crippen molar-refractivity contribution in [1.82, 2.24) is 5.32 Å². The van der Waals surface area contributed by atoms with Gasteiger partial charge in [-0.05, 0) is 62.8 Å². The molecule has 0 radical (unpaired) electrons. The van der Waals surface area contributed by atoms with Gasteiger partial charge < -0.3 is 14.3 Å². The van der Waals surface area contributed by atoms with E-state index in [1.807, 2.05) is 19.1 Å². The van der Waals surface area contributed by atoms with Crippen LogP contribution in [-0.4, -0.2) is 30.8 Å². The number of ether oxygens (including phenoxy) is 1. The lowest BCUT2D eigenvalue weighted by molar-refractivity contribution is 0.102. The van der Waals surface area contributed by atoms with Crippen molar-refractivity contribution in [2.45, 2.75) is 58.3 Å². The van der Waals surface area contributed by atoms with E-state index in [1.165, 1.54) is 30.7 Å². The molecule has 9 heteroatoms. The average Bonchev–Trinajstić information content (AvgIpc) is 3.27. The molecule has 0 saturated carbocycles.